The predicted molar refractivity (Wildman–Crippen MR) is 100 cm³/mol. The van der Waals surface area contributed by atoms with Gasteiger partial charge in [-0.2, -0.15) is 0 Å². The number of anilines is 2. The lowest BCUT2D eigenvalue weighted by molar-refractivity contribution is 0.100. The molecule has 0 spiro atoms. The second kappa shape index (κ2) is 8.18. The molecule has 1 heterocycles. The Bertz CT molecular complexity index is 974. The molecule has 2 N–H and O–H groups in total. The first-order valence-corrected chi connectivity index (χ1v) is 8.26. The van der Waals surface area contributed by atoms with Crippen molar-refractivity contribution in [2.24, 2.45) is 0 Å². The minimum absolute atomic E-state index is 0.0869. The molecule has 7 heteroatoms. The summed E-state index contributed by atoms with van der Waals surface area (Å²) in [5, 5.41) is 13.4. The maximum atomic E-state index is 13.6. The quantitative estimate of drug-likeness (QED) is 0.652. The third kappa shape index (κ3) is 4.72. The summed E-state index contributed by atoms with van der Waals surface area (Å²) in [5.41, 5.74) is 1.63. The van der Waals surface area contributed by atoms with Crippen molar-refractivity contribution in [3.05, 3.63) is 83.3 Å². The van der Waals surface area contributed by atoms with Crippen LogP contribution in [-0.2, 0) is 6.54 Å². The zero-order chi connectivity index (χ0) is 19.2. The number of hydrogen-bond donors (Lipinski definition) is 2. The number of benzene rings is 2. The van der Waals surface area contributed by atoms with E-state index in [2.05, 4.69) is 20.8 Å². The lowest BCUT2D eigenvalue weighted by atomic mass is 10.1. The van der Waals surface area contributed by atoms with Crippen LogP contribution in [0.4, 0.5) is 15.9 Å². The molecule has 0 radical (unpaired) electrons. The SMILES string of the molecule is CC(=O)c1cccc(NC(=O)c2ccc(NCc3ccccc3F)nn2)c1. The third-order valence-electron chi connectivity index (χ3n) is 3.84. The summed E-state index contributed by atoms with van der Waals surface area (Å²) in [4.78, 5) is 23.7. The zero-order valence-corrected chi connectivity index (χ0v) is 14.6. The van der Waals surface area contributed by atoms with Crippen molar-refractivity contribution in [3.8, 4) is 0 Å². The summed E-state index contributed by atoms with van der Waals surface area (Å²) in [6, 6.07) is 16.2. The van der Waals surface area contributed by atoms with E-state index in [1.54, 1.807) is 48.5 Å². The van der Waals surface area contributed by atoms with Gasteiger partial charge in [0, 0.05) is 23.4 Å². The highest BCUT2D eigenvalue weighted by atomic mass is 19.1. The Hall–Kier alpha value is -3.61. The molecule has 1 amide bonds. The minimum Gasteiger partial charge on any atom is -0.364 e. The van der Waals surface area contributed by atoms with E-state index in [-0.39, 0.29) is 23.8 Å². The molecule has 0 bridgehead atoms. The highest BCUT2D eigenvalue weighted by Gasteiger charge is 2.10. The summed E-state index contributed by atoms with van der Waals surface area (Å²) < 4.78 is 13.6. The van der Waals surface area contributed by atoms with E-state index >= 15 is 0 Å². The van der Waals surface area contributed by atoms with Crippen LogP contribution in [0.1, 0.15) is 33.3 Å². The van der Waals surface area contributed by atoms with Crippen LogP contribution < -0.4 is 10.6 Å². The van der Waals surface area contributed by atoms with Crippen LogP contribution in [0.3, 0.4) is 0 Å². The second-order valence-corrected chi connectivity index (χ2v) is 5.84. The van der Waals surface area contributed by atoms with Crippen LogP contribution in [0.5, 0.6) is 0 Å². The van der Waals surface area contributed by atoms with Crippen molar-refractivity contribution in [3.63, 3.8) is 0 Å². The number of nitrogens with zero attached hydrogens (tertiary/aromatic N) is 2. The van der Waals surface area contributed by atoms with Gasteiger partial charge in [-0.3, -0.25) is 9.59 Å². The first-order valence-electron chi connectivity index (χ1n) is 8.26. The fraction of sp³-hybridized carbons (Fsp3) is 0.100. The Morgan fingerprint density at radius 3 is 2.52 bits per heavy atom. The van der Waals surface area contributed by atoms with Gasteiger partial charge in [0.05, 0.1) is 0 Å². The van der Waals surface area contributed by atoms with E-state index in [0.717, 1.165) is 0 Å². The van der Waals surface area contributed by atoms with Crippen LogP contribution in [0.15, 0.2) is 60.7 Å². The monoisotopic (exact) mass is 364 g/mol. The van der Waals surface area contributed by atoms with Crippen LogP contribution >= 0.6 is 0 Å². The fourth-order valence-electron chi connectivity index (χ4n) is 2.39. The first-order chi connectivity index (χ1) is 13.0. The summed E-state index contributed by atoms with van der Waals surface area (Å²) in [6.45, 7) is 1.71. The second-order valence-electron chi connectivity index (χ2n) is 5.84. The van der Waals surface area contributed by atoms with E-state index in [9.17, 15) is 14.0 Å². The lowest BCUT2D eigenvalue weighted by Crippen LogP contribution is -2.15. The molecule has 27 heavy (non-hydrogen) atoms. The molecule has 0 fully saturated rings. The average molecular weight is 364 g/mol. The first kappa shape index (κ1) is 18.2. The molecule has 0 aliphatic heterocycles. The van der Waals surface area contributed by atoms with Crippen LogP contribution in [-0.4, -0.2) is 21.9 Å². The van der Waals surface area contributed by atoms with Crippen molar-refractivity contribution in [1.29, 1.82) is 0 Å². The number of hydrogen-bond acceptors (Lipinski definition) is 5. The number of halogens is 1. The summed E-state index contributed by atoms with van der Waals surface area (Å²) in [5.74, 6) is -0.407. The largest absolute Gasteiger partial charge is 0.364 e. The van der Waals surface area contributed by atoms with Gasteiger partial charge >= 0.3 is 0 Å². The van der Waals surface area contributed by atoms with Crippen molar-refractivity contribution >= 4 is 23.2 Å². The number of Topliss-reactive ketones (excluding diaryl/α,β-unsaturated/α-hetero) is 1. The van der Waals surface area contributed by atoms with Gasteiger partial charge in [-0.15, -0.1) is 10.2 Å². The summed E-state index contributed by atoms with van der Waals surface area (Å²) in [6.07, 6.45) is 0. The Morgan fingerprint density at radius 2 is 1.81 bits per heavy atom. The highest BCUT2D eigenvalue weighted by Crippen LogP contribution is 2.13. The number of carbonyl (C=O) groups is 2. The van der Waals surface area contributed by atoms with Crippen molar-refractivity contribution in [1.82, 2.24) is 10.2 Å². The Kier molecular flexibility index (Phi) is 5.51. The number of aromatic nitrogens is 2. The summed E-state index contributed by atoms with van der Waals surface area (Å²) >= 11 is 0. The molecule has 0 unspecified atom stereocenters. The van der Waals surface area contributed by atoms with Gasteiger partial charge in [0.15, 0.2) is 11.5 Å². The Balaban J connectivity index is 1.63. The van der Waals surface area contributed by atoms with E-state index in [0.29, 0.717) is 22.6 Å². The van der Waals surface area contributed by atoms with E-state index in [1.165, 1.54) is 19.1 Å². The number of rotatable bonds is 6. The molecule has 1 aromatic heterocycles. The molecule has 136 valence electrons. The lowest BCUT2D eigenvalue weighted by Gasteiger charge is -2.08. The maximum absolute atomic E-state index is 13.6. The molecule has 3 aromatic rings. The minimum atomic E-state index is -0.441. The smallest absolute Gasteiger partial charge is 0.276 e. The summed E-state index contributed by atoms with van der Waals surface area (Å²) in [7, 11) is 0. The van der Waals surface area contributed by atoms with Gasteiger partial charge < -0.3 is 10.6 Å². The highest BCUT2D eigenvalue weighted by molar-refractivity contribution is 6.03. The van der Waals surface area contributed by atoms with Gasteiger partial charge in [-0.05, 0) is 37.3 Å². The molecule has 0 saturated carbocycles. The van der Waals surface area contributed by atoms with Crippen molar-refractivity contribution in [2.45, 2.75) is 13.5 Å². The molecule has 2 aromatic carbocycles. The number of nitrogens with one attached hydrogen (secondary N) is 2. The molecule has 6 nitrogen and oxygen atoms in total. The molecule has 0 atom stereocenters. The molecule has 0 aliphatic carbocycles. The van der Waals surface area contributed by atoms with Gasteiger partial charge in [-0.1, -0.05) is 30.3 Å². The van der Waals surface area contributed by atoms with E-state index in [4.69, 9.17) is 0 Å². The van der Waals surface area contributed by atoms with Crippen molar-refractivity contribution < 1.29 is 14.0 Å². The predicted octanol–water partition coefficient (Wildman–Crippen LogP) is 3.68. The van der Waals surface area contributed by atoms with Crippen LogP contribution in [0, 0.1) is 5.82 Å². The molecular weight excluding hydrogens is 347 g/mol. The average Bonchev–Trinajstić information content (AvgIpc) is 2.68. The number of carbonyl (C=O) groups excluding carboxylic acids is 2. The zero-order valence-electron chi connectivity index (χ0n) is 14.6. The number of ketones is 1. The Morgan fingerprint density at radius 1 is 1.00 bits per heavy atom. The number of amides is 1. The van der Waals surface area contributed by atoms with Gasteiger partial charge in [-0.25, -0.2) is 4.39 Å². The molecule has 0 aliphatic rings. The topological polar surface area (TPSA) is 84.0 Å². The van der Waals surface area contributed by atoms with Crippen LogP contribution in [0.25, 0.3) is 0 Å². The molecular formula is C20H17FN4O2. The van der Waals surface area contributed by atoms with Gasteiger partial charge in [0.25, 0.3) is 5.91 Å². The van der Waals surface area contributed by atoms with E-state index in [1.807, 2.05) is 0 Å². The van der Waals surface area contributed by atoms with Gasteiger partial charge in [0.2, 0.25) is 0 Å². The van der Waals surface area contributed by atoms with Crippen LogP contribution in [0.2, 0.25) is 0 Å². The van der Waals surface area contributed by atoms with Gasteiger partial charge in [0.1, 0.15) is 11.6 Å². The maximum Gasteiger partial charge on any atom is 0.276 e. The fourth-order valence-corrected chi connectivity index (χ4v) is 2.39. The third-order valence-corrected chi connectivity index (χ3v) is 3.84. The molecule has 0 saturated heterocycles. The van der Waals surface area contributed by atoms with Crippen molar-refractivity contribution in [2.75, 3.05) is 10.6 Å². The van der Waals surface area contributed by atoms with E-state index < -0.39 is 5.91 Å². The standard InChI is InChI=1S/C20H17FN4O2/c1-13(26)14-6-4-7-16(11-14)23-20(27)18-9-10-19(25-24-18)22-12-15-5-2-3-8-17(15)21/h2-11H,12H2,1H3,(H,22,25)(H,23,27). The molecule has 3 rings (SSSR count). The Labute approximate surface area is 155 Å². The normalized spacial score (nSPS) is 10.3.